The second-order valence-electron chi connectivity index (χ2n) is 2.94. The van der Waals surface area contributed by atoms with Gasteiger partial charge in [-0.1, -0.05) is 15.9 Å². The number of nitrogens with two attached hydrogens (primary N) is 1. The van der Waals surface area contributed by atoms with E-state index in [1.54, 1.807) is 0 Å². The summed E-state index contributed by atoms with van der Waals surface area (Å²) in [4.78, 5) is 11.1. The highest BCUT2D eigenvalue weighted by Gasteiger charge is 2.37. The molecule has 0 heterocycles. The van der Waals surface area contributed by atoms with E-state index in [1.165, 1.54) is 12.1 Å². The summed E-state index contributed by atoms with van der Waals surface area (Å²) in [6, 6.07) is 2.43. The minimum atomic E-state index is -4.60. The van der Waals surface area contributed by atoms with E-state index in [4.69, 9.17) is 5.73 Å². The van der Waals surface area contributed by atoms with Crippen LogP contribution in [0, 0.1) is 0 Å². The number of carbonyl (C=O) groups excluding carboxylic acids is 1. The van der Waals surface area contributed by atoms with Crippen molar-refractivity contribution in [2.45, 2.75) is 13.1 Å². The molecule has 6 heteroatoms. The van der Waals surface area contributed by atoms with E-state index >= 15 is 0 Å². The van der Waals surface area contributed by atoms with Crippen molar-refractivity contribution in [1.82, 2.24) is 0 Å². The number of ketones is 1. The number of hydrogen-bond acceptors (Lipinski definition) is 2. The molecule has 0 aliphatic heterocycles. The van der Waals surface area contributed by atoms with E-state index < -0.39 is 23.1 Å². The second kappa shape index (κ2) is 3.84. The molecule has 0 bridgehead atoms. The maximum atomic E-state index is 12.6. The first-order chi connectivity index (χ1) is 6.75. The highest BCUT2D eigenvalue weighted by atomic mass is 79.9. The van der Waals surface area contributed by atoms with Crippen molar-refractivity contribution in [2.75, 3.05) is 5.73 Å². The number of Topliss-reactive ketones (excluding diaryl/α,β-unsaturated/α-hetero) is 1. The number of alkyl halides is 3. The van der Waals surface area contributed by atoms with Crippen LogP contribution in [-0.2, 0) is 6.18 Å². The molecule has 1 rings (SSSR count). The van der Waals surface area contributed by atoms with Gasteiger partial charge < -0.3 is 5.73 Å². The zero-order valence-electron chi connectivity index (χ0n) is 7.65. The van der Waals surface area contributed by atoms with E-state index in [0.29, 0.717) is 0 Å². The predicted molar refractivity (Wildman–Crippen MR) is 53.6 cm³/mol. The van der Waals surface area contributed by atoms with Gasteiger partial charge in [0.25, 0.3) is 0 Å². The minimum absolute atomic E-state index is 0.168. The van der Waals surface area contributed by atoms with Crippen LogP contribution in [0.5, 0.6) is 0 Å². The van der Waals surface area contributed by atoms with Crippen LogP contribution in [0.2, 0.25) is 0 Å². The van der Waals surface area contributed by atoms with E-state index in [2.05, 4.69) is 15.9 Å². The van der Waals surface area contributed by atoms with Gasteiger partial charge in [-0.25, -0.2) is 0 Å². The van der Waals surface area contributed by atoms with Crippen molar-refractivity contribution >= 4 is 27.4 Å². The van der Waals surface area contributed by atoms with Crippen LogP contribution >= 0.6 is 15.9 Å². The monoisotopic (exact) mass is 281 g/mol. The van der Waals surface area contributed by atoms with Gasteiger partial charge in [-0.05, 0) is 19.1 Å². The van der Waals surface area contributed by atoms with Gasteiger partial charge in [0, 0.05) is 10.2 Å². The molecule has 0 unspecified atom stereocenters. The lowest BCUT2D eigenvalue weighted by Gasteiger charge is -2.14. The van der Waals surface area contributed by atoms with Crippen molar-refractivity contribution in [3.63, 3.8) is 0 Å². The fraction of sp³-hybridized carbons (Fsp3) is 0.222. The summed E-state index contributed by atoms with van der Waals surface area (Å²) in [5, 5.41) is 0. The average Bonchev–Trinajstić information content (AvgIpc) is 2.05. The molecule has 0 spiro atoms. The Morgan fingerprint density at radius 1 is 1.40 bits per heavy atom. The van der Waals surface area contributed by atoms with E-state index in [-0.39, 0.29) is 10.2 Å². The van der Waals surface area contributed by atoms with Crippen molar-refractivity contribution in [3.8, 4) is 0 Å². The number of carbonyl (C=O) groups is 1. The molecule has 0 saturated carbocycles. The van der Waals surface area contributed by atoms with E-state index in [1.807, 2.05) is 0 Å². The number of rotatable bonds is 1. The first kappa shape index (κ1) is 12.0. The number of anilines is 1. The van der Waals surface area contributed by atoms with Gasteiger partial charge in [-0.3, -0.25) is 4.79 Å². The SMILES string of the molecule is CC(=O)c1c(N)ccc(Br)c1C(F)(F)F. The first-order valence-corrected chi connectivity index (χ1v) is 4.70. The third kappa shape index (κ3) is 2.31. The lowest BCUT2D eigenvalue weighted by atomic mass is 10.0. The molecule has 1 aromatic carbocycles. The standard InChI is InChI=1S/C9H7BrF3NO/c1-4(15)7-6(14)3-2-5(10)8(7)9(11,12)13/h2-3H,14H2,1H3. The predicted octanol–water partition coefficient (Wildman–Crippen LogP) is 3.25. The molecule has 0 aliphatic carbocycles. The van der Waals surface area contributed by atoms with Gasteiger partial charge >= 0.3 is 6.18 Å². The minimum Gasteiger partial charge on any atom is -0.398 e. The Labute approximate surface area is 92.4 Å². The van der Waals surface area contributed by atoms with Crippen LogP contribution in [0.4, 0.5) is 18.9 Å². The molecule has 0 radical (unpaired) electrons. The van der Waals surface area contributed by atoms with Crippen LogP contribution in [-0.4, -0.2) is 5.78 Å². The Morgan fingerprint density at radius 2 is 1.93 bits per heavy atom. The maximum Gasteiger partial charge on any atom is 0.418 e. The quantitative estimate of drug-likeness (QED) is 0.634. The molecule has 2 N–H and O–H groups in total. The van der Waals surface area contributed by atoms with Gasteiger partial charge in [-0.2, -0.15) is 13.2 Å². The normalized spacial score (nSPS) is 11.5. The summed E-state index contributed by atoms with van der Waals surface area (Å²) >= 11 is 2.76. The Bertz CT molecular complexity index is 415. The maximum absolute atomic E-state index is 12.6. The zero-order valence-corrected chi connectivity index (χ0v) is 9.24. The molecule has 0 aromatic heterocycles. The Balaban J connectivity index is 3.60. The van der Waals surface area contributed by atoms with Crippen LogP contribution in [0.1, 0.15) is 22.8 Å². The number of hydrogen-bond donors (Lipinski definition) is 1. The summed E-state index contributed by atoms with van der Waals surface area (Å²) < 4.78 is 37.6. The highest BCUT2D eigenvalue weighted by molar-refractivity contribution is 9.10. The Kier molecular flexibility index (Phi) is 3.08. The zero-order chi connectivity index (χ0) is 11.8. The molecule has 0 atom stereocenters. The van der Waals surface area contributed by atoms with Crippen LogP contribution < -0.4 is 5.73 Å². The van der Waals surface area contributed by atoms with Gasteiger partial charge in [-0.15, -0.1) is 0 Å². The second-order valence-corrected chi connectivity index (χ2v) is 3.79. The third-order valence-electron chi connectivity index (χ3n) is 1.82. The number of benzene rings is 1. The van der Waals surface area contributed by atoms with Crippen LogP contribution in [0.3, 0.4) is 0 Å². The molecule has 0 amide bonds. The summed E-state index contributed by atoms with van der Waals surface area (Å²) in [5.74, 6) is -0.707. The number of nitrogen functional groups attached to an aromatic ring is 1. The summed E-state index contributed by atoms with van der Waals surface area (Å²) in [7, 11) is 0. The van der Waals surface area contributed by atoms with Crippen molar-refractivity contribution in [3.05, 3.63) is 27.7 Å². The van der Waals surface area contributed by atoms with E-state index in [9.17, 15) is 18.0 Å². The van der Waals surface area contributed by atoms with Crippen LogP contribution in [0.15, 0.2) is 16.6 Å². The fourth-order valence-electron chi connectivity index (χ4n) is 1.25. The molecule has 82 valence electrons. The molecule has 0 saturated heterocycles. The fourth-order valence-corrected chi connectivity index (χ4v) is 1.81. The lowest BCUT2D eigenvalue weighted by Crippen LogP contribution is -2.14. The summed E-state index contributed by atoms with van der Waals surface area (Å²) in [5.41, 5.74) is 3.67. The molecule has 0 fully saturated rings. The lowest BCUT2D eigenvalue weighted by molar-refractivity contribution is -0.138. The van der Waals surface area contributed by atoms with Gasteiger partial charge in [0.15, 0.2) is 5.78 Å². The highest BCUT2D eigenvalue weighted by Crippen LogP contribution is 2.39. The smallest absolute Gasteiger partial charge is 0.398 e. The van der Waals surface area contributed by atoms with Gasteiger partial charge in [0.1, 0.15) is 0 Å². The Hall–Kier alpha value is -1.04. The van der Waals surface area contributed by atoms with Crippen molar-refractivity contribution < 1.29 is 18.0 Å². The van der Waals surface area contributed by atoms with E-state index in [0.717, 1.165) is 6.92 Å². The van der Waals surface area contributed by atoms with Crippen LogP contribution in [0.25, 0.3) is 0 Å². The third-order valence-corrected chi connectivity index (χ3v) is 2.48. The molecule has 1 aromatic rings. The molecular weight excluding hydrogens is 275 g/mol. The summed E-state index contributed by atoms with van der Waals surface area (Å²) in [6.07, 6.45) is -4.60. The largest absolute Gasteiger partial charge is 0.418 e. The summed E-state index contributed by atoms with van der Waals surface area (Å²) in [6.45, 7) is 1.05. The van der Waals surface area contributed by atoms with Crippen molar-refractivity contribution in [1.29, 1.82) is 0 Å². The van der Waals surface area contributed by atoms with Gasteiger partial charge in [0.2, 0.25) is 0 Å². The molecular formula is C9H7BrF3NO. The molecule has 15 heavy (non-hydrogen) atoms. The molecule has 0 aliphatic rings. The van der Waals surface area contributed by atoms with Gasteiger partial charge in [0.05, 0.1) is 11.1 Å². The Morgan fingerprint density at radius 3 is 2.27 bits per heavy atom. The van der Waals surface area contributed by atoms with Crippen molar-refractivity contribution in [2.24, 2.45) is 0 Å². The first-order valence-electron chi connectivity index (χ1n) is 3.91. The molecule has 2 nitrogen and oxygen atoms in total. The average molecular weight is 282 g/mol. The number of halogens is 4. The topological polar surface area (TPSA) is 43.1 Å².